The molecule has 1 atom stereocenters. The highest BCUT2D eigenvalue weighted by Gasteiger charge is 2.44. The molecule has 0 amide bonds. The Kier molecular flexibility index (Phi) is 4.07. The molecule has 1 aliphatic rings. The number of fused-ring (bicyclic) bond motifs is 1. The van der Waals surface area contributed by atoms with Gasteiger partial charge in [-0.25, -0.2) is 0 Å². The predicted octanol–water partition coefficient (Wildman–Crippen LogP) is 2.06. The Morgan fingerprint density at radius 2 is 1.75 bits per heavy atom. The zero-order chi connectivity index (χ0) is 17.3. The van der Waals surface area contributed by atoms with Gasteiger partial charge < -0.3 is 24.1 Å². The number of ether oxygens (including phenoxy) is 4. The van der Waals surface area contributed by atoms with Crippen molar-refractivity contribution in [2.75, 3.05) is 21.3 Å². The summed E-state index contributed by atoms with van der Waals surface area (Å²) in [6.07, 6.45) is 0.0391. The molecule has 1 aliphatic heterocycles. The number of carbonyl (C=O) groups excluding carboxylic acids is 1. The molecular formula is C18H18O6. The average Bonchev–Trinajstić information content (AvgIpc) is 2.61. The lowest BCUT2D eigenvalue weighted by Crippen LogP contribution is -2.45. The Labute approximate surface area is 139 Å². The molecule has 3 rings (SSSR count). The summed E-state index contributed by atoms with van der Waals surface area (Å²) in [4.78, 5) is 12.5. The smallest absolute Gasteiger partial charge is 0.295 e. The molecule has 0 aliphatic carbocycles. The van der Waals surface area contributed by atoms with Crippen LogP contribution >= 0.6 is 0 Å². The van der Waals surface area contributed by atoms with E-state index >= 15 is 0 Å². The van der Waals surface area contributed by atoms with E-state index in [1.54, 1.807) is 37.4 Å². The van der Waals surface area contributed by atoms with Crippen LogP contribution in [0, 0.1) is 0 Å². The first-order valence-electron chi connectivity index (χ1n) is 7.36. The molecule has 0 radical (unpaired) electrons. The van der Waals surface area contributed by atoms with Crippen molar-refractivity contribution < 1.29 is 28.8 Å². The minimum Gasteiger partial charge on any atom is -0.497 e. The highest BCUT2D eigenvalue weighted by Crippen LogP contribution is 2.39. The van der Waals surface area contributed by atoms with Gasteiger partial charge in [0.25, 0.3) is 5.79 Å². The van der Waals surface area contributed by atoms with Crippen molar-refractivity contribution in [3.63, 3.8) is 0 Å². The molecule has 0 saturated carbocycles. The minimum atomic E-state index is -2.07. The van der Waals surface area contributed by atoms with E-state index in [1.807, 2.05) is 0 Å². The second kappa shape index (κ2) is 6.05. The molecule has 6 heteroatoms. The maximum absolute atomic E-state index is 12.5. The fourth-order valence-corrected chi connectivity index (χ4v) is 2.70. The highest BCUT2D eigenvalue weighted by atomic mass is 16.6. The van der Waals surface area contributed by atoms with Crippen molar-refractivity contribution in [1.29, 1.82) is 0 Å². The maximum atomic E-state index is 12.5. The van der Waals surface area contributed by atoms with Gasteiger partial charge in [0.15, 0.2) is 11.5 Å². The van der Waals surface area contributed by atoms with Gasteiger partial charge in [-0.3, -0.25) is 4.79 Å². The second-order valence-corrected chi connectivity index (χ2v) is 5.39. The number of carbonyl (C=O) groups is 1. The van der Waals surface area contributed by atoms with Crippen LogP contribution in [-0.4, -0.2) is 32.2 Å². The highest BCUT2D eigenvalue weighted by molar-refractivity contribution is 5.91. The summed E-state index contributed by atoms with van der Waals surface area (Å²) in [5.41, 5.74) is 0.955. The molecule has 0 saturated heterocycles. The van der Waals surface area contributed by atoms with Crippen molar-refractivity contribution in [2.24, 2.45) is 0 Å². The Balaban J connectivity index is 2.02. The van der Waals surface area contributed by atoms with Crippen LogP contribution in [0.5, 0.6) is 23.0 Å². The third kappa shape index (κ3) is 2.55. The Morgan fingerprint density at radius 3 is 2.42 bits per heavy atom. The lowest BCUT2D eigenvalue weighted by atomic mass is 9.92. The number of rotatable bonds is 4. The Morgan fingerprint density at radius 1 is 1.00 bits per heavy atom. The van der Waals surface area contributed by atoms with E-state index in [0.29, 0.717) is 28.6 Å². The lowest BCUT2D eigenvalue weighted by Gasteiger charge is -2.33. The summed E-state index contributed by atoms with van der Waals surface area (Å²) in [6, 6.07) is 9.84. The number of hydrogen-bond donors (Lipinski definition) is 1. The van der Waals surface area contributed by atoms with Gasteiger partial charge in [-0.2, -0.15) is 0 Å². The number of methoxy groups -OCH3 is 3. The first-order chi connectivity index (χ1) is 11.5. The molecule has 6 nitrogen and oxygen atoms in total. The van der Waals surface area contributed by atoms with Crippen LogP contribution in [0.1, 0.15) is 11.1 Å². The molecule has 1 heterocycles. The van der Waals surface area contributed by atoms with Gasteiger partial charge in [0.05, 0.1) is 21.3 Å². The Hall–Kier alpha value is -2.73. The van der Waals surface area contributed by atoms with Gasteiger partial charge >= 0.3 is 0 Å². The van der Waals surface area contributed by atoms with Gasteiger partial charge in [0.2, 0.25) is 5.78 Å². The standard InChI is InChI=1S/C18H18O6/c1-21-13-5-7-14-11(8-13)9-17(19)18(20,24-14)12-4-6-15(22-2)16(10-12)23-3/h4-8,10,20H,9H2,1-3H3. The van der Waals surface area contributed by atoms with Crippen LogP contribution in [0.4, 0.5) is 0 Å². The largest absolute Gasteiger partial charge is 0.497 e. The summed E-state index contributed by atoms with van der Waals surface area (Å²) in [6.45, 7) is 0. The number of ketones is 1. The first-order valence-corrected chi connectivity index (χ1v) is 7.36. The van der Waals surface area contributed by atoms with E-state index in [9.17, 15) is 9.90 Å². The molecular weight excluding hydrogens is 312 g/mol. The van der Waals surface area contributed by atoms with Gasteiger partial charge in [0.1, 0.15) is 11.5 Å². The van der Waals surface area contributed by atoms with Gasteiger partial charge in [-0.1, -0.05) is 0 Å². The van der Waals surface area contributed by atoms with Crippen LogP contribution in [0.25, 0.3) is 0 Å². The third-order valence-electron chi connectivity index (χ3n) is 4.03. The average molecular weight is 330 g/mol. The topological polar surface area (TPSA) is 74.2 Å². The summed E-state index contributed by atoms with van der Waals surface area (Å²) < 4.78 is 21.2. The van der Waals surface area contributed by atoms with Crippen LogP contribution in [0.2, 0.25) is 0 Å². The normalized spacial score (nSPS) is 19.2. The molecule has 0 aromatic heterocycles. The Bertz CT molecular complexity index is 785. The third-order valence-corrected chi connectivity index (χ3v) is 4.03. The second-order valence-electron chi connectivity index (χ2n) is 5.39. The predicted molar refractivity (Wildman–Crippen MR) is 85.8 cm³/mol. The molecule has 0 spiro atoms. The van der Waals surface area contributed by atoms with Gasteiger partial charge in [-0.05, 0) is 36.4 Å². The van der Waals surface area contributed by atoms with Crippen LogP contribution in [0.15, 0.2) is 36.4 Å². The van der Waals surface area contributed by atoms with E-state index in [2.05, 4.69) is 0 Å². The van der Waals surface area contributed by atoms with Crippen LogP contribution in [0.3, 0.4) is 0 Å². The molecule has 1 unspecified atom stereocenters. The van der Waals surface area contributed by atoms with E-state index in [-0.39, 0.29) is 12.0 Å². The fraction of sp³-hybridized carbons (Fsp3) is 0.278. The lowest BCUT2D eigenvalue weighted by molar-refractivity contribution is -0.179. The van der Waals surface area contributed by atoms with Crippen LogP contribution in [-0.2, 0) is 17.0 Å². The SMILES string of the molecule is COc1ccc2c(c1)CC(=O)C(O)(c1ccc(OC)c(OC)c1)O2. The molecule has 126 valence electrons. The van der Waals surface area contributed by atoms with Crippen molar-refractivity contribution in [3.8, 4) is 23.0 Å². The number of hydrogen-bond acceptors (Lipinski definition) is 6. The molecule has 0 bridgehead atoms. The molecule has 1 N–H and O–H groups in total. The van der Waals surface area contributed by atoms with E-state index in [0.717, 1.165) is 0 Å². The summed E-state index contributed by atoms with van der Waals surface area (Å²) >= 11 is 0. The number of benzene rings is 2. The molecule has 0 fully saturated rings. The zero-order valence-corrected chi connectivity index (χ0v) is 13.7. The van der Waals surface area contributed by atoms with E-state index in [4.69, 9.17) is 18.9 Å². The van der Waals surface area contributed by atoms with Crippen molar-refractivity contribution >= 4 is 5.78 Å². The quantitative estimate of drug-likeness (QED) is 0.925. The van der Waals surface area contributed by atoms with E-state index < -0.39 is 11.6 Å². The number of aliphatic hydroxyl groups is 1. The monoisotopic (exact) mass is 330 g/mol. The molecule has 2 aromatic rings. The van der Waals surface area contributed by atoms with E-state index in [1.165, 1.54) is 20.3 Å². The number of Topliss-reactive ketones (excluding diaryl/α,β-unsaturated/α-hetero) is 1. The molecule has 24 heavy (non-hydrogen) atoms. The zero-order valence-electron chi connectivity index (χ0n) is 13.7. The van der Waals surface area contributed by atoms with Crippen molar-refractivity contribution in [1.82, 2.24) is 0 Å². The van der Waals surface area contributed by atoms with Crippen molar-refractivity contribution in [2.45, 2.75) is 12.2 Å². The maximum Gasteiger partial charge on any atom is 0.295 e. The van der Waals surface area contributed by atoms with Crippen LogP contribution < -0.4 is 18.9 Å². The fourth-order valence-electron chi connectivity index (χ4n) is 2.70. The molecule has 2 aromatic carbocycles. The summed E-state index contributed by atoms with van der Waals surface area (Å²) in [5.74, 6) is -0.565. The summed E-state index contributed by atoms with van der Waals surface area (Å²) in [7, 11) is 4.54. The first kappa shape index (κ1) is 16.1. The summed E-state index contributed by atoms with van der Waals surface area (Å²) in [5, 5.41) is 10.9. The minimum absolute atomic E-state index is 0.0391. The van der Waals surface area contributed by atoms with Gasteiger partial charge in [-0.15, -0.1) is 0 Å². The van der Waals surface area contributed by atoms with Gasteiger partial charge in [0, 0.05) is 17.5 Å². The van der Waals surface area contributed by atoms with Crippen molar-refractivity contribution in [3.05, 3.63) is 47.5 Å².